The zero-order valence-electron chi connectivity index (χ0n) is 17.5. The van der Waals surface area contributed by atoms with Gasteiger partial charge in [0, 0.05) is 25.2 Å². The van der Waals surface area contributed by atoms with Crippen LogP contribution in [0, 0.1) is 0 Å². The highest BCUT2D eigenvalue weighted by atomic mass is 32.2. The molecule has 1 heterocycles. The maximum Gasteiger partial charge on any atom is 0.416 e. The second-order valence-corrected chi connectivity index (χ2v) is 9.29. The Morgan fingerprint density at radius 1 is 1.06 bits per heavy atom. The number of benzene rings is 2. The van der Waals surface area contributed by atoms with Crippen LogP contribution in [-0.4, -0.2) is 51.7 Å². The predicted molar refractivity (Wildman–Crippen MR) is 111 cm³/mol. The molecule has 0 spiro atoms. The molecule has 0 saturated carbocycles. The number of hydrogen-bond acceptors (Lipinski definition) is 5. The molecule has 2 aromatic carbocycles. The molecular weight excluding hydrogens is 449 g/mol. The lowest BCUT2D eigenvalue weighted by molar-refractivity contribution is -0.137. The van der Waals surface area contributed by atoms with Crippen molar-refractivity contribution in [3.05, 3.63) is 58.7 Å². The molecule has 0 radical (unpaired) electrons. The van der Waals surface area contributed by atoms with Crippen LogP contribution in [0.1, 0.15) is 27.0 Å². The van der Waals surface area contributed by atoms with Crippen molar-refractivity contribution in [3.8, 4) is 11.5 Å². The van der Waals surface area contributed by atoms with Gasteiger partial charge in [-0.05, 0) is 53.9 Å². The molecule has 32 heavy (non-hydrogen) atoms. The molecule has 2 aromatic rings. The van der Waals surface area contributed by atoms with Crippen LogP contribution in [0.15, 0.2) is 36.4 Å². The molecule has 1 N–H and O–H groups in total. The molecule has 0 aromatic heterocycles. The third-order valence-corrected chi connectivity index (χ3v) is 7.01. The SMILES string of the molecule is COc1cc2c(cc1OC)CN(S(=O)(=O)CCNC(=O)c1ccc(C(F)(F)F)cc1)CC2. The quantitative estimate of drug-likeness (QED) is 0.670. The van der Waals surface area contributed by atoms with Crippen LogP contribution in [0.2, 0.25) is 0 Å². The van der Waals surface area contributed by atoms with Crippen LogP contribution in [0.25, 0.3) is 0 Å². The highest BCUT2D eigenvalue weighted by Crippen LogP contribution is 2.34. The largest absolute Gasteiger partial charge is 0.493 e. The summed E-state index contributed by atoms with van der Waals surface area (Å²) >= 11 is 0. The third-order valence-electron chi connectivity index (χ3n) is 5.20. The van der Waals surface area contributed by atoms with E-state index in [0.29, 0.717) is 17.9 Å². The number of amides is 1. The fourth-order valence-corrected chi connectivity index (χ4v) is 4.75. The van der Waals surface area contributed by atoms with Gasteiger partial charge in [-0.1, -0.05) is 0 Å². The Morgan fingerprint density at radius 2 is 1.66 bits per heavy atom. The van der Waals surface area contributed by atoms with Gasteiger partial charge in [0.1, 0.15) is 0 Å². The maximum absolute atomic E-state index is 12.7. The molecule has 0 bridgehead atoms. The molecule has 3 rings (SSSR count). The monoisotopic (exact) mass is 472 g/mol. The van der Waals surface area contributed by atoms with Crippen molar-refractivity contribution >= 4 is 15.9 Å². The number of ether oxygens (including phenoxy) is 2. The Kier molecular flexibility index (Phi) is 6.99. The van der Waals surface area contributed by atoms with E-state index >= 15 is 0 Å². The molecule has 0 atom stereocenters. The van der Waals surface area contributed by atoms with E-state index in [0.717, 1.165) is 35.4 Å². The zero-order valence-corrected chi connectivity index (χ0v) is 18.3. The fraction of sp³-hybridized carbons (Fsp3) is 0.381. The Hall–Kier alpha value is -2.79. The van der Waals surface area contributed by atoms with Crippen LogP contribution in [0.5, 0.6) is 11.5 Å². The van der Waals surface area contributed by atoms with Crippen molar-refractivity contribution in [2.45, 2.75) is 19.1 Å². The van der Waals surface area contributed by atoms with Crippen molar-refractivity contribution in [2.75, 3.05) is 33.1 Å². The lowest BCUT2D eigenvalue weighted by atomic mass is 10.0. The number of methoxy groups -OCH3 is 2. The summed E-state index contributed by atoms with van der Waals surface area (Å²) in [6, 6.07) is 7.30. The number of carbonyl (C=O) groups excluding carboxylic acids is 1. The summed E-state index contributed by atoms with van der Waals surface area (Å²) in [5.41, 5.74) is 0.940. The van der Waals surface area contributed by atoms with E-state index < -0.39 is 27.7 Å². The molecule has 174 valence electrons. The molecule has 1 aliphatic heterocycles. The smallest absolute Gasteiger partial charge is 0.416 e. The average molecular weight is 472 g/mol. The van der Waals surface area contributed by atoms with Crippen LogP contribution in [0.3, 0.4) is 0 Å². The van der Waals surface area contributed by atoms with Crippen LogP contribution in [0.4, 0.5) is 13.2 Å². The van der Waals surface area contributed by atoms with Gasteiger partial charge in [-0.25, -0.2) is 8.42 Å². The summed E-state index contributed by atoms with van der Waals surface area (Å²) in [5.74, 6) is 0.111. The second-order valence-electron chi connectivity index (χ2n) is 7.21. The first kappa shape index (κ1) is 23.9. The van der Waals surface area contributed by atoms with Gasteiger partial charge in [0.05, 0.1) is 25.5 Å². The predicted octanol–water partition coefficient (Wildman–Crippen LogP) is 2.84. The molecule has 11 heteroatoms. The van der Waals surface area contributed by atoms with Crippen LogP contribution < -0.4 is 14.8 Å². The molecule has 0 aliphatic carbocycles. The van der Waals surface area contributed by atoms with Gasteiger partial charge in [-0.3, -0.25) is 4.79 Å². The van der Waals surface area contributed by atoms with E-state index in [1.807, 2.05) is 6.07 Å². The first-order valence-electron chi connectivity index (χ1n) is 9.72. The van der Waals surface area contributed by atoms with E-state index in [2.05, 4.69) is 5.32 Å². The highest BCUT2D eigenvalue weighted by molar-refractivity contribution is 7.89. The van der Waals surface area contributed by atoms with Gasteiger partial charge in [0.25, 0.3) is 5.91 Å². The normalized spacial score (nSPS) is 14.5. The number of fused-ring (bicyclic) bond motifs is 1. The van der Waals surface area contributed by atoms with Crippen LogP contribution in [-0.2, 0) is 29.2 Å². The minimum Gasteiger partial charge on any atom is -0.493 e. The molecule has 1 amide bonds. The van der Waals surface area contributed by atoms with E-state index in [9.17, 15) is 26.4 Å². The Morgan fingerprint density at radius 3 is 2.22 bits per heavy atom. The number of alkyl halides is 3. The minimum absolute atomic E-state index is 0.0170. The standard InChI is InChI=1S/C21H23F3N2O5S/c1-30-18-11-15-7-9-26(13-16(15)12-19(18)31-2)32(28,29)10-8-25-20(27)14-3-5-17(6-4-14)21(22,23)24/h3-6,11-12H,7-10,13H2,1-2H3,(H,25,27). The Bertz CT molecular complexity index is 1090. The topological polar surface area (TPSA) is 84.9 Å². The minimum atomic E-state index is -4.49. The summed E-state index contributed by atoms with van der Waals surface area (Å²) < 4.78 is 75.2. The summed E-state index contributed by atoms with van der Waals surface area (Å²) in [5, 5.41) is 2.44. The van der Waals surface area contributed by atoms with Gasteiger partial charge in [0.15, 0.2) is 11.5 Å². The number of nitrogens with zero attached hydrogens (tertiary/aromatic N) is 1. The number of sulfonamides is 1. The van der Waals surface area contributed by atoms with E-state index in [1.165, 1.54) is 18.5 Å². The summed E-state index contributed by atoms with van der Waals surface area (Å²) in [7, 11) is -0.636. The molecule has 1 aliphatic rings. The lowest BCUT2D eigenvalue weighted by Gasteiger charge is -2.29. The zero-order chi connectivity index (χ0) is 23.5. The van der Waals surface area contributed by atoms with E-state index in [1.54, 1.807) is 6.07 Å². The molecule has 7 nitrogen and oxygen atoms in total. The number of hydrogen-bond donors (Lipinski definition) is 1. The van der Waals surface area contributed by atoms with Crippen molar-refractivity contribution in [3.63, 3.8) is 0 Å². The Labute approximate surface area is 184 Å². The van der Waals surface area contributed by atoms with E-state index in [-0.39, 0.29) is 31.0 Å². The highest BCUT2D eigenvalue weighted by Gasteiger charge is 2.30. The Balaban J connectivity index is 1.59. The fourth-order valence-electron chi connectivity index (χ4n) is 3.43. The maximum atomic E-state index is 12.7. The van der Waals surface area contributed by atoms with Gasteiger partial charge >= 0.3 is 6.18 Å². The summed E-state index contributed by atoms with van der Waals surface area (Å²) in [4.78, 5) is 12.1. The first-order chi connectivity index (χ1) is 15.0. The van der Waals surface area contributed by atoms with Gasteiger partial charge in [-0.15, -0.1) is 0 Å². The van der Waals surface area contributed by atoms with Crippen molar-refractivity contribution < 1.29 is 35.9 Å². The lowest BCUT2D eigenvalue weighted by Crippen LogP contribution is -2.40. The molecule has 0 saturated heterocycles. The summed E-state index contributed by atoms with van der Waals surface area (Å²) in [6.45, 7) is 0.292. The number of nitrogens with one attached hydrogen (secondary N) is 1. The summed E-state index contributed by atoms with van der Waals surface area (Å²) in [6.07, 6.45) is -3.99. The number of rotatable bonds is 7. The third kappa shape index (κ3) is 5.33. The number of carbonyl (C=O) groups is 1. The molecular formula is C21H23F3N2O5S. The number of halogens is 3. The molecule has 0 unspecified atom stereocenters. The van der Waals surface area contributed by atoms with E-state index in [4.69, 9.17) is 9.47 Å². The van der Waals surface area contributed by atoms with Crippen molar-refractivity contribution in [1.29, 1.82) is 0 Å². The second kappa shape index (κ2) is 9.37. The van der Waals surface area contributed by atoms with Gasteiger partial charge in [-0.2, -0.15) is 17.5 Å². The molecule has 0 fully saturated rings. The first-order valence-corrected chi connectivity index (χ1v) is 11.3. The van der Waals surface area contributed by atoms with Crippen molar-refractivity contribution in [1.82, 2.24) is 9.62 Å². The van der Waals surface area contributed by atoms with Crippen LogP contribution >= 0.6 is 0 Å². The van der Waals surface area contributed by atoms with Gasteiger partial charge < -0.3 is 14.8 Å². The van der Waals surface area contributed by atoms with Gasteiger partial charge in [0.2, 0.25) is 10.0 Å². The van der Waals surface area contributed by atoms with Crippen molar-refractivity contribution in [2.24, 2.45) is 0 Å². The average Bonchev–Trinajstić information content (AvgIpc) is 2.76.